The number of nitrogens with zero attached hydrogens (tertiary/aromatic N) is 1. The number of fused-ring (bicyclic) bond motifs is 1. The summed E-state index contributed by atoms with van der Waals surface area (Å²) in [6, 6.07) is 23.5. The van der Waals surface area contributed by atoms with Crippen LogP contribution in [0, 0.1) is 6.07 Å². The van der Waals surface area contributed by atoms with Crippen molar-refractivity contribution in [3.8, 4) is 22.3 Å². The number of pyridine rings is 1. The number of sulfone groups is 2. The minimum atomic E-state index is -3.37. The molecule has 3 aromatic carbocycles. The lowest BCUT2D eigenvalue weighted by Gasteiger charge is -2.14. The fourth-order valence-electron chi connectivity index (χ4n) is 3.78. The molecule has 0 saturated carbocycles. The van der Waals surface area contributed by atoms with Gasteiger partial charge < -0.3 is 0 Å². The molecular formula is C26H24NO4S2. The fourth-order valence-corrected chi connectivity index (χ4v) is 4.90. The normalized spacial score (nSPS) is 13.2. The molecule has 0 spiro atoms. The van der Waals surface area contributed by atoms with Crippen LogP contribution in [0.25, 0.3) is 33.2 Å². The first-order chi connectivity index (χ1) is 15.5. The maximum Gasteiger partial charge on any atom is 0.176 e. The van der Waals surface area contributed by atoms with Gasteiger partial charge in [-0.3, -0.25) is 4.98 Å². The fraction of sp³-hybridized carbons (Fsp3) is 0.192. The lowest BCUT2D eigenvalue weighted by Crippen LogP contribution is -2.18. The molecule has 1 aromatic heterocycles. The monoisotopic (exact) mass is 478 g/mol. The highest BCUT2D eigenvalue weighted by atomic mass is 32.2. The first kappa shape index (κ1) is 23.1. The van der Waals surface area contributed by atoms with Crippen LogP contribution in [0.2, 0.25) is 0 Å². The molecule has 1 radical (unpaired) electrons. The molecule has 1 atom stereocenters. The summed E-state index contributed by atoms with van der Waals surface area (Å²) in [5.41, 5.74) is 5.20. The van der Waals surface area contributed by atoms with Gasteiger partial charge in [0.2, 0.25) is 0 Å². The molecule has 7 heteroatoms. The molecule has 0 fully saturated rings. The van der Waals surface area contributed by atoms with Crippen LogP contribution in [0.15, 0.2) is 77.8 Å². The first-order valence-electron chi connectivity index (χ1n) is 10.4. The van der Waals surface area contributed by atoms with Gasteiger partial charge in [-0.15, -0.1) is 0 Å². The van der Waals surface area contributed by atoms with E-state index in [-0.39, 0.29) is 4.90 Å². The second kappa shape index (κ2) is 8.72. The third-order valence-electron chi connectivity index (χ3n) is 5.70. The Hall–Kier alpha value is -3.03. The van der Waals surface area contributed by atoms with Crippen molar-refractivity contribution in [1.29, 1.82) is 0 Å². The molecular weight excluding hydrogens is 454 g/mol. The van der Waals surface area contributed by atoms with Crippen LogP contribution in [0.4, 0.5) is 0 Å². The molecule has 4 rings (SSSR count). The predicted molar refractivity (Wildman–Crippen MR) is 133 cm³/mol. The first-order valence-corrected chi connectivity index (χ1v) is 14.3. The highest BCUT2D eigenvalue weighted by molar-refractivity contribution is 7.91. The Balaban J connectivity index is 1.84. The van der Waals surface area contributed by atoms with Gasteiger partial charge in [0.05, 0.1) is 15.7 Å². The van der Waals surface area contributed by atoms with Crippen molar-refractivity contribution in [3.63, 3.8) is 0 Å². The van der Waals surface area contributed by atoms with E-state index in [1.807, 2.05) is 54.6 Å². The molecule has 5 nitrogen and oxygen atoms in total. The quantitative estimate of drug-likeness (QED) is 0.400. The van der Waals surface area contributed by atoms with Gasteiger partial charge in [0.1, 0.15) is 9.84 Å². The van der Waals surface area contributed by atoms with E-state index in [2.05, 4.69) is 11.1 Å². The molecule has 0 bridgehead atoms. The Morgan fingerprint density at radius 1 is 0.879 bits per heavy atom. The molecule has 0 aliphatic carbocycles. The van der Waals surface area contributed by atoms with Crippen LogP contribution in [-0.4, -0.2) is 39.6 Å². The summed E-state index contributed by atoms with van der Waals surface area (Å²) < 4.78 is 47.9. The summed E-state index contributed by atoms with van der Waals surface area (Å²) in [7, 11) is -6.53. The molecule has 169 valence electrons. The van der Waals surface area contributed by atoms with Crippen LogP contribution in [0.1, 0.15) is 12.5 Å². The molecule has 0 aliphatic rings. The molecule has 1 unspecified atom stereocenters. The molecule has 0 amide bonds. The molecule has 33 heavy (non-hydrogen) atoms. The van der Waals surface area contributed by atoms with Crippen molar-refractivity contribution in [2.24, 2.45) is 0 Å². The average Bonchev–Trinajstić information content (AvgIpc) is 2.77. The lowest BCUT2D eigenvalue weighted by molar-refractivity contribution is 0.588. The van der Waals surface area contributed by atoms with Gasteiger partial charge >= 0.3 is 0 Å². The number of hydrogen-bond acceptors (Lipinski definition) is 5. The van der Waals surface area contributed by atoms with Gasteiger partial charge in [-0.2, -0.15) is 0 Å². The number of benzene rings is 3. The maximum atomic E-state index is 12.0. The Morgan fingerprint density at radius 2 is 1.61 bits per heavy atom. The Kier molecular flexibility index (Phi) is 6.12. The highest BCUT2D eigenvalue weighted by Gasteiger charge is 2.17. The van der Waals surface area contributed by atoms with Crippen LogP contribution >= 0.6 is 0 Å². The van der Waals surface area contributed by atoms with Crippen molar-refractivity contribution < 1.29 is 16.8 Å². The largest absolute Gasteiger partial charge is 0.256 e. The van der Waals surface area contributed by atoms with Gasteiger partial charge in [-0.05, 0) is 65.9 Å². The summed E-state index contributed by atoms with van der Waals surface area (Å²) in [4.78, 5) is 4.72. The van der Waals surface area contributed by atoms with E-state index < -0.39 is 24.9 Å². The molecule has 0 saturated heterocycles. The Labute approximate surface area is 195 Å². The summed E-state index contributed by atoms with van der Waals surface area (Å²) in [6.45, 7) is 1.72. The van der Waals surface area contributed by atoms with Crippen molar-refractivity contribution in [3.05, 3.63) is 84.6 Å². The molecule has 0 aliphatic heterocycles. The van der Waals surface area contributed by atoms with E-state index in [0.29, 0.717) is 6.42 Å². The smallest absolute Gasteiger partial charge is 0.176 e. The van der Waals surface area contributed by atoms with Gasteiger partial charge in [0.15, 0.2) is 9.84 Å². The maximum absolute atomic E-state index is 12.0. The van der Waals surface area contributed by atoms with Crippen LogP contribution in [0.3, 0.4) is 0 Å². The van der Waals surface area contributed by atoms with Gasteiger partial charge in [0.25, 0.3) is 0 Å². The predicted octanol–water partition coefficient (Wildman–Crippen LogP) is 4.75. The highest BCUT2D eigenvalue weighted by Crippen LogP contribution is 2.33. The van der Waals surface area contributed by atoms with Crippen LogP contribution in [-0.2, 0) is 26.1 Å². The van der Waals surface area contributed by atoms with E-state index >= 15 is 0 Å². The third kappa shape index (κ3) is 5.15. The van der Waals surface area contributed by atoms with Crippen molar-refractivity contribution in [2.45, 2.75) is 23.5 Å². The number of rotatable bonds is 6. The topological polar surface area (TPSA) is 81.2 Å². The van der Waals surface area contributed by atoms with Crippen LogP contribution in [0.5, 0.6) is 0 Å². The number of hydrogen-bond donors (Lipinski definition) is 0. The van der Waals surface area contributed by atoms with Gasteiger partial charge in [0, 0.05) is 35.7 Å². The van der Waals surface area contributed by atoms with E-state index in [1.165, 1.54) is 12.5 Å². The minimum Gasteiger partial charge on any atom is -0.256 e. The third-order valence-corrected chi connectivity index (χ3v) is 8.36. The molecule has 1 heterocycles. The summed E-state index contributed by atoms with van der Waals surface area (Å²) in [6.07, 6.45) is 4.56. The Morgan fingerprint density at radius 3 is 2.33 bits per heavy atom. The zero-order valence-corrected chi connectivity index (χ0v) is 20.2. The van der Waals surface area contributed by atoms with Crippen molar-refractivity contribution in [1.82, 2.24) is 4.98 Å². The number of aromatic nitrogens is 1. The molecule has 0 N–H and O–H groups in total. The average molecular weight is 479 g/mol. The van der Waals surface area contributed by atoms with E-state index in [9.17, 15) is 16.8 Å². The van der Waals surface area contributed by atoms with Crippen molar-refractivity contribution >= 4 is 30.6 Å². The summed E-state index contributed by atoms with van der Waals surface area (Å²) >= 11 is 0. The zero-order valence-electron chi connectivity index (χ0n) is 18.6. The molecule has 4 aromatic rings. The van der Waals surface area contributed by atoms with E-state index in [1.54, 1.807) is 25.3 Å². The van der Waals surface area contributed by atoms with E-state index in [4.69, 9.17) is 0 Å². The Bertz CT molecular complexity index is 1560. The van der Waals surface area contributed by atoms with Gasteiger partial charge in [-0.25, -0.2) is 16.8 Å². The van der Waals surface area contributed by atoms with Crippen LogP contribution < -0.4 is 0 Å². The minimum absolute atomic E-state index is 0.147. The second-order valence-electron chi connectivity index (χ2n) is 8.36. The summed E-state index contributed by atoms with van der Waals surface area (Å²) in [5, 5.41) is 0.436. The standard InChI is InChI=1S/C26H24NO4S2/c1-18(32(2,28)29)13-19-14-23-10-6-12-27-26(23)25(15-19)22-9-4-7-20(16-22)21-8-5-11-24(17-21)33(3,30)31/h4-10,12,14-18H,13H2,1-3H3. The second-order valence-corrected chi connectivity index (χ2v) is 12.8. The van der Waals surface area contributed by atoms with Crippen molar-refractivity contribution in [2.75, 3.05) is 12.5 Å². The van der Waals surface area contributed by atoms with Gasteiger partial charge in [-0.1, -0.05) is 36.4 Å². The summed E-state index contributed by atoms with van der Waals surface area (Å²) in [5.74, 6) is 0. The SMILES string of the molecule is CC(Cc1cc(-c2cccc(-c3cc[c]c(S(C)(=O)=O)c3)c2)c2ncccc2c1)S(C)(=O)=O. The van der Waals surface area contributed by atoms with E-state index in [0.717, 1.165) is 38.7 Å². The zero-order chi connectivity index (χ0) is 23.8. The lowest BCUT2D eigenvalue weighted by atomic mass is 9.94.